The molecule has 0 saturated carbocycles. The maximum Gasteiger partial charge on any atom is 0.346 e. The molecule has 1 unspecified atom stereocenters. The molecule has 0 fully saturated rings. The molecule has 1 heterocycles. The van der Waals surface area contributed by atoms with Crippen LogP contribution in [0, 0.1) is 13.8 Å². The standard InChI is InChI=1S/C8H13N2O3P/c1-6-4-5-9-8(7(6)2)10-13-14(3,11)12/h4-5H,1-3H3,(H,9,10)(H,11,12). The summed E-state index contributed by atoms with van der Waals surface area (Å²) in [7, 11) is -3.52. The number of hydrogen-bond donors (Lipinski definition) is 2. The first-order valence-electron chi connectivity index (χ1n) is 4.07. The van der Waals surface area contributed by atoms with Gasteiger partial charge in [0.2, 0.25) is 0 Å². The minimum atomic E-state index is -3.52. The van der Waals surface area contributed by atoms with Crippen LogP contribution in [-0.4, -0.2) is 16.5 Å². The number of pyridine rings is 1. The predicted octanol–water partition coefficient (Wildman–Crippen LogP) is 1.86. The van der Waals surface area contributed by atoms with E-state index >= 15 is 0 Å². The third kappa shape index (κ3) is 3.10. The van der Waals surface area contributed by atoms with Gasteiger partial charge in [0.05, 0.1) is 0 Å². The number of aryl methyl sites for hydroxylation is 1. The van der Waals surface area contributed by atoms with Gasteiger partial charge >= 0.3 is 7.60 Å². The molecule has 0 amide bonds. The Balaban J connectivity index is 2.78. The summed E-state index contributed by atoms with van der Waals surface area (Å²) >= 11 is 0. The van der Waals surface area contributed by atoms with Crippen LogP contribution >= 0.6 is 7.60 Å². The van der Waals surface area contributed by atoms with E-state index in [-0.39, 0.29) is 0 Å². The number of rotatable bonds is 3. The number of hydrogen-bond acceptors (Lipinski definition) is 4. The van der Waals surface area contributed by atoms with Crippen molar-refractivity contribution in [3.63, 3.8) is 0 Å². The van der Waals surface area contributed by atoms with E-state index in [9.17, 15) is 4.57 Å². The van der Waals surface area contributed by atoms with Gasteiger partial charge in [0.1, 0.15) is 0 Å². The zero-order valence-electron chi connectivity index (χ0n) is 8.31. The van der Waals surface area contributed by atoms with Gasteiger partial charge in [0.15, 0.2) is 5.82 Å². The number of nitrogens with one attached hydrogen (secondary N) is 1. The van der Waals surface area contributed by atoms with Gasteiger partial charge in [0.25, 0.3) is 0 Å². The van der Waals surface area contributed by atoms with Crippen molar-refractivity contribution >= 4 is 13.4 Å². The fourth-order valence-corrected chi connectivity index (χ4v) is 1.12. The van der Waals surface area contributed by atoms with Crippen molar-refractivity contribution in [1.82, 2.24) is 4.98 Å². The van der Waals surface area contributed by atoms with Crippen molar-refractivity contribution in [1.29, 1.82) is 0 Å². The molecule has 14 heavy (non-hydrogen) atoms. The van der Waals surface area contributed by atoms with E-state index in [1.54, 1.807) is 6.20 Å². The second-order valence-corrected chi connectivity index (χ2v) is 4.89. The van der Waals surface area contributed by atoms with Crippen molar-refractivity contribution in [2.24, 2.45) is 0 Å². The molecule has 0 bridgehead atoms. The Morgan fingerprint density at radius 3 is 2.79 bits per heavy atom. The molecular formula is C8H13N2O3P. The van der Waals surface area contributed by atoms with Crippen molar-refractivity contribution in [2.75, 3.05) is 12.1 Å². The summed E-state index contributed by atoms with van der Waals surface area (Å²) < 4.78 is 15.4. The van der Waals surface area contributed by atoms with E-state index in [2.05, 4.69) is 15.1 Å². The first-order chi connectivity index (χ1) is 6.40. The summed E-state index contributed by atoms with van der Waals surface area (Å²) in [5, 5.41) is 0. The molecule has 0 aliphatic rings. The Kier molecular flexibility index (Phi) is 3.26. The second-order valence-electron chi connectivity index (χ2n) is 3.10. The first kappa shape index (κ1) is 11.2. The predicted molar refractivity (Wildman–Crippen MR) is 54.2 cm³/mol. The Morgan fingerprint density at radius 1 is 1.57 bits per heavy atom. The normalized spacial score (nSPS) is 14.9. The van der Waals surface area contributed by atoms with Crippen LogP contribution in [-0.2, 0) is 9.19 Å². The SMILES string of the molecule is Cc1ccnc(NOP(C)(=O)O)c1C. The van der Waals surface area contributed by atoms with Gasteiger partial charge < -0.3 is 4.89 Å². The lowest BCUT2D eigenvalue weighted by Crippen LogP contribution is -2.03. The van der Waals surface area contributed by atoms with Crippen LogP contribution in [0.3, 0.4) is 0 Å². The highest BCUT2D eigenvalue weighted by Crippen LogP contribution is 2.36. The number of aromatic nitrogens is 1. The largest absolute Gasteiger partial charge is 0.346 e. The minimum Gasteiger partial charge on any atom is -0.323 e. The Morgan fingerprint density at radius 2 is 2.21 bits per heavy atom. The van der Waals surface area contributed by atoms with Gasteiger partial charge in [0, 0.05) is 12.9 Å². The molecule has 0 saturated heterocycles. The van der Waals surface area contributed by atoms with Crippen molar-refractivity contribution in [3.05, 3.63) is 23.4 Å². The lowest BCUT2D eigenvalue weighted by atomic mass is 10.2. The molecule has 6 heteroatoms. The molecule has 0 spiro atoms. The molecule has 1 aromatic rings. The van der Waals surface area contributed by atoms with E-state index in [0.717, 1.165) is 17.8 Å². The highest BCUT2D eigenvalue weighted by molar-refractivity contribution is 7.51. The third-order valence-corrected chi connectivity index (χ3v) is 2.22. The third-order valence-electron chi connectivity index (χ3n) is 1.79. The summed E-state index contributed by atoms with van der Waals surface area (Å²) in [6, 6.07) is 1.85. The average Bonchev–Trinajstić information content (AvgIpc) is 2.06. The summed E-state index contributed by atoms with van der Waals surface area (Å²) in [6.45, 7) is 4.88. The average molecular weight is 216 g/mol. The number of anilines is 1. The molecule has 0 radical (unpaired) electrons. The van der Waals surface area contributed by atoms with Crippen LogP contribution in [0.4, 0.5) is 5.82 Å². The topological polar surface area (TPSA) is 71.5 Å². The lowest BCUT2D eigenvalue weighted by Gasteiger charge is -2.11. The highest BCUT2D eigenvalue weighted by Gasteiger charge is 2.11. The summed E-state index contributed by atoms with van der Waals surface area (Å²) in [5.74, 6) is 0.459. The monoisotopic (exact) mass is 216 g/mol. The van der Waals surface area contributed by atoms with Gasteiger partial charge in [-0.1, -0.05) is 0 Å². The molecule has 1 atom stereocenters. The zero-order valence-corrected chi connectivity index (χ0v) is 9.21. The molecule has 78 valence electrons. The van der Waals surface area contributed by atoms with E-state index in [0.29, 0.717) is 5.82 Å². The molecular weight excluding hydrogens is 203 g/mol. The maximum atomic E-state index is 10.8. The molecule has 1 rings (SSSR count). The van der Waals surface area contributed by atoms with Crippen LogP contribution in [0.25, 0.3) is 0 Å². The van der Waals surface area contributed by atoms with Gasteiger partial charge in [-0.25, -0.2) is 10.5 Å². The van der Waals surface area contributed by atoms with E-state index < -0.39 is 7.60 Å². The van der Waals surface area contributed by atoms with Crippen LogP contribution in [0.1, 0.15) is 11.1 Å². The molecule has 5 nitrogen and oxygen atoms in total. The summed E-state index contributed by atoms with van der Waals surface area (Å²) in [4.78, 5) is 12.9. The molecule has 2 N–H and O–H groups in total. The van der Waals surface area contributed by atoms with E-state index in [1.807, 2.05) is 19.9 Å². The van der Waals surface area contributed by atoms with Gasteiger partial charge in [-0.3, -0.25) is 4.57 Å². The van der Waals surface area contributed by atoms with Crippen molar-refractivity contribution in [2.45, 2.75) is 13.8 Å². The smallest absolute Gasteiger partial charge is 0.323 e. The zero-order chi connectivity index (χ0) is 10.8. The summed E-state index contributed by atoms with van der Waals surface area (Å²) in [6.07, 6.45) is 1.60. The maximum absolute atomic E-state index is 10.8. The fourth-order valence-electron chi connectivity index (χ4n) is 0.863. The molecule has 0 aliphatic heterocycles. The quantitative estimate of drug-likeness (QED) is 0.596. The van der Waals surface area contributed by atoms with E-state index in [1.165, 1.54) is 0 Å². The number of nitrogens with zero attached hydrogens (tertiary/aromatic N) is 1. The van der Waals surface area contributed by atoms with Crippen LogP contribution in [0.2, 0.25) is 0 Å². The molecule has 0 aromatic carbocycles. The molecule has 0 aliphatic carbocycles. The Labute approximate surface area is 82.6 Å². The van der Waals surface area contributed by atoms with E-state index in [4.69, 9.17) is 4.89 Å². The highest BCUT2D eigenvalue weighted by atomic mass is 31.2. The van der Waals surface area contributed by atoms with Crippen LogP contribution in [0.5, 0.6) is 0 Å². The van der Waals surface area contributed by atoms with Crippen molar-refractivity contribution in [3.8, 4) is 0 Å². The Bertz CT molecular complexity index is 375. The summed E-state index contributed by atoms with van der Waals surface area (Å²) in [5.41, 5.74) is 4.30. The Hall–Kier alpha value is -0.900. The molecule has 1 aromatic heterocycles. The van der Waals surface area contributed by atoms with Crippen LogP contribution in [0.15, 0.2) is 12.3 Å². The minimum absolute atomic E-state index is 0.459. The lowest BCUT2D eigenvalue weighted by molar-refractivity contribution is 0.316. The van der Waals surface area contributed by atoms with Gasteiger partial charge in [-0.15, -0.1) is 0 Å². The van der Waals surface area contributed by atoms with Crippen molar-refractivity contribution < 1.29 is 14.1 Å². The second kappa shape index (κ2) is 4.09. The van der Waals surface area contributed by atoms with Gasteiger partial charge in [-0.05, 0) is 31.0 Å². The first-order valence-corrected chi connectivity index (χ1v) is 6.10. The fraction of sp³-hybridized carbons (Fsp3) is 0.375. The van der Waals surface area contributed by atoms with Gasteiger partial charge in [-0.2, -0.15) is 4.62 Å². The van der Waals surface area contributed by atoms with Crippen LogP contribution < -0.4 is 5.48 Å².